The molecule has 3 heteroatoms. The number of aromatic nitrogens is 1. The first-order valence-electron chi connectivity index (χ1n) is 5.85. The molecule has 0 bridgehead atoms. The van der Waals surface area contributed by atoms with Gasteiger partial charge in [0.1, 0.15) is 0 Å². The van der Waals surface area contributed by atoms with Crippen molar-refractivity contribution in [1.29, 1.82) is 0 Å². The third-order valence-corrected chi connectivity index (χ3v) is 3.56. The lowest BCUT2D eigenvalue weighted by Crippen LogP contribution is -2.31. The lowest BCUT2D eigenvalue weighted by molar-refractivity contribution is 1.12. The van der Waals surface area contributed by atoms with Crippen molar-refractivity contribution >= 4 is 63.9 Å². The fourth-order valence-electron chi connectivity index (χ4n) is 1.55. The van der Waals surface area contributed by atoms with Crippen molar-refractivity contribution in [3.8, 4) is 0 Å². The van der Waals surface area contributed by atoms with Crippen LogP contribution in [-0.4, -0.2) is 4.98 Å². The van der Waals surface area contributed by atoms with E-state index in [1.165, 1.54) is 14.7 Å². The molecule has 1 aromatic rings. The summed E-state index contributed by atoms with van der Waals surface area (Å²) in [6.45, 7) is 14.2. The zero-order valence-electron chi connectivity index (χ0n) is 11.4. The normalized spacial score (nSPS) is 13.3. The predicted molar refractivity (Wildman–Crippen MR) is 103 cm³/mol. The molecule has 0 aliphatic heterocycles. The van der Waals surface area contributed by atoms with Gasteiger partial charge in [0.05, 0.1) is 11.0 Å². The SMILES string of the molecule is C=C(I)/C=C\c1n/c(=C/C=C(\C)I)c(=C)c(C)c1C. The molecule has 1 nitrogen and oxygen atoms in total. The molecule has 0 fully saturated rings. The fraction of sp³-hybridized carbons (Fsp3) is 0.188. The molecule has 0 unspecified atom stereocenters. The fourth-order valence-corrected chi connectivity index (χ4v) is 1.91. The van der Waals surface area contributed by atoms with Gasteiger partial charge in [0.25, 0.3) is 0 Å². The molecule has 0 aromatic carbocycles. The maximum Gasteiger partial charge on any atom is 0.0706 e. The van der Waals surface area contributed by atoms with Gasteiger partial charge < -0.3 is 0 Å². The van der Waals surface area contributed by atoms with Crippen molar-refractivity contribution in [2.45, 2.75) is 20.8 Å². The highest BCUT2D eigenvalue weighted by Gasteiger charge is 2.02. The van der Waals surface area contributed by atoms with Crippen molar-refractivity contribution in [2.24, 2.45) is 0 Å². The molecular formula is C16H17I2N. The van der Waals surface area contributed by atoms with Crippen LogP contribution in [0.3, 0.4) is 0 Å². The first kappa shape index (κ1) is 16.6. The monoisotopic (exact) mass is 477 g/mol. The van der Waals surface area contributed by atoms with Crippen LogP contribution in [0.15, 0.2) is 25.9 Å². The Labute approximate surface area is 142 Å². The Bertz CT molecular complexity index is 663. The first-order valence-corrected chi connectivity index (χ1v) is 8.01. The van der Waals surface area contributed by atoms with E-state index in [1.807, 2.05) is 18.2 Å². The number of pyridine rings is 1. The van der Waals surface area contributed by atoms with Crippen molar-refractivity contribution < 1.29 is 0 Å². The average molecular weight is 477 g/mol. The molecule has 1 heterocycles. The van der Waals surface area contributed by atoms with Crippen molar-refractivity contribution in [1.82, 2.24) is 4.98 Å². The highest BCUT2D eigenvalue weighted by Crippen LogP contribution is 2.11. The standard InChI is InChI=1S/C16H17I2N/c1-10(17)6-8-15-13(4)12(3)14(5)16(19-15)9-7-11(2)18/h6-9H,1,5H2,2-4H3/b8-6-,11-7+,16-9+. The molecule has 0 radical (unpaired) electrons. The summed E-state index contributed by atoms with van der Waals surface area (Å²) in [5.41, 5.74) is 3.35. The molecule has 19 heavy (non-hydrogen) atoms. The van der Waals surface area contributed by atoms with Gasteiger partial charge in [-0.05, 0) is 104 Å². The molecular weight excluding hydrogens is 460 g/mol. The summed E-state index contributed by atoms with van der Waals surface area (Å²) >= 11 is 4.48. The molecule has 0 spiro atoms. The van der Waals surface area contributed by atoms with Crippen LogP contribution in [0.25, 0.3) is 18.7 Å². The Morgan fingerprint density at radius 1 is 1.21 bits per heavy atom. The number of nitrogens with zero attached hydrogens (tertiary/aromatic N) is 1. The maximum absolute atomic E-state index is 4.68. The van der Waals surface area contributed by atoms with E-state index in [9.17, 15) is 0 Å². The van der Waals surface area contributed by atoms with E-state index in [4.69, 9.17) is 0 Å². The van der Waals surface area contributed by atoms with Crippen LogP contribution < -0.4 is 10.6 Å². The van der Waals surface area contributed by atoms with Crippen LogP contribution in [0, 0.1) is 13.8 Å². The number of allylic oxidation sites excluding steroid dienone is 4. The van der Waals surface area contributed by atoms with Crippen LogP contribution in [0.1, 0.15) is 23.7 Å². The third-order valence-electron chi connectivity index (χ3n) is 2.84. The average Bonchev–Trinajstić information content (AvgIpc) is 2.33. The number of hydrogen-bond acceptors (Lipinski definition) is 1. The lowest BCUT2D eigenvalue weighted by atomic mass is 10.1. The molecule has 0 aliphatic carbocycles. The summed E-state index contributed by atoms with van der Waals surface area (Å²) in [6, 6.07) is 0. The van der Waals surface area contributed by atoms with Gasteiger partial charge in [0.2, 0.25) is 0 Å². The molecule has 0 N–H and O–H groups in total. The molecule has 0 atom stereocenters. The Morgan fingerprint density at radius 2 is 1.84 bits per heavy atom. The highest BCUT2D eigenvalue weighted by molar-refractivity contribution is 14.1. The Balaban J connectivity index is 3.52. The minimum absolute atomic E-state index is 0.929. The summed E-state index contributed by atoms with van der Waals surface area (Å²) in [5, 5.41) is 1.93. The van der Waals surface area contributed by atoms with Gasteiger partial charge in [-0.25, -0.2) is 4.98 Å². The van der Waals surface area contributed by atoms with E-state index in [0.717, 1.165) is 19.8 Å². The number of halogens is 2. The van der Waals surface area contributed by atoms with Crippen LogP contribution in [-0.2, 0) is 0 Å². The van der Waals surface area contributed by atoms with E-state index in [1.54, 1.807) is 0 Å². The summed E-state index contributed by atoms with van der Waals surface area (Å²) in [4.78, 5) is 4.68. The topological polar surface area (TPSA) is 12.9 Å². The zero-order valence-corrected chi connectivity index (χ0v) is 15.7. The quantitative estimate of drug-likeness (QED) is 0.471. The summed E-state index contributed by atoms with van der Waals surface area (Å²) in [7, 11) is 0. The van der Waals surface area contributed by atoms with Gasteiger partial charge in [-0.2, -0.15) is 0 Å². The van der Waals surface area contributed by atoms with Gasteiger partial charge in [-0.15, -0.1) is 0 Å². The third kappa shape index (κ3) is 4.87. The minimum Gasteiger partial charge on any atom is -0.248 e. The van der Waals surface area contributed by atoms with Crippen LogP contribution >= 0.6 is 45.2 Å². The molecule has 100 valence electrons. The number of hydrogen-bond donors (Lipinski definition) is 0. The summed E-state index contributed by atoms with van der Waals surface area (Å²) < 4.78 is 2.21. The molecule has 0 amide bonds. The molecule has 0 saturated carbocycles. The van der Waals surface area contributed by atoms with Crippen molar-refractivity contribution in [3.63, 3.8) is 0 Å². The first-order chi connectivity index (χ1) is 8.82. The van der Waals surface area contributed by atoms with E-state index >= 15 is 0 Å². The van der Waals surface area contributed by atoms with Crippen LogP contribution in [0.2, 0.25) is 0 Å². The molecule has 1 rings (SSSR count). The largest absolute Gasteiger partial charge is 0.248 e. The van der Waals surface area contributed by atoms with E-state index in [0.29, 0.717) is 0 Å². The van der Waals surface area contributed by atoms with Gasteiger partial charge >= 0.3 is 0 Å². The molecule has 0 aliphatic rings. The second kappa shape index (κ2) is 7.38. The van der Waals surface area contributed by atoms with Gasteiger partial charge in [-0.1, -0.05) is 19.2 Å². The van der Waals surface area contributed by atoms with Crippen LogP contribution in [0.4, 0.5) is 0 Å². The van der Waals surface area contributed by atoms with E-state index in [2.05, 4.69) is 90.2 Å². The maximum atomic E-state index is 4.68. The smallest absolute Gasteiger partial charge is 0.0706 e. The Hall–Kier alpha value is -0.430. The Kier molecular flexibility index (Phi) is 6.46. The second-order valence-electron chi connectivity index (χ2n) is 4.31. The highest BCUT2D eigenvalue weighted by atomic mass is 127. The van der Waals surface area contributed by atoms with Gasteiger partial charge in [0, 0.05) is 3.58 Å². The minimum atomic E-state index is 0.929. The van der Waals surface area contributed by atoms with Gasteiger partial charge in [0.15, 0.2) is 0 Å². The Morgan fingerprint density at radius 3 is 2.37 bits per heavy atom. The second-order valence-corrected chi connectivity index (χ2v) is 7.40. The number of rotatable bonds is 3. The van der Waals surface area contributed by atoms with Crippen molar-refractivity contribution in [3.05, 3.63) is 53.3 Å². The molecule has 1 aromatic heterocycles. The van der Waals surface area contributed by atoms with Crippen LogP contribution in [0.5, 0.6) is 0 Å². The molecule has 0 saturated heterocycles. The summed E-state index contributed by atoms with van der Waals surface area (Å²) in [5.74, 6) is 0. The lowest BCUT2D eigenvalue weighted by Gasteiger charge is -2.05. The van der Waals surface area contributed by atoms with Crippen molar-refractivity contribution in [2.75, 3.05) is 0 Å². The predicted octanol–water partition coefficient (Wildman–Crippen LogP) is 4.19. The van der Waals surface area contributed by atoms with E-state index in [-0.39, 0.29) is 0 Å². The van der Waals surface area contributed by atoms with Gasteiger partial charge in [-0.3, -0.25) is 0 Å². The summed E-state index contributed by atoms with van der Waals surface area (Å²) in [6.07, 6.45) is 8.06. The zero-order chi connectivity index (χ0) is 14.6. The van der Waals surface area contributed by atoms with E-state index < -0.39 is 0 Å².